The highest BCUT2D eigenvalue weighted by Gasteiger charge is 2.13. The molecule has 108 valence electrons. The first kappa shape index (κ1) is 14.9. The molecule has 1 N–H and O–H groups in total. The lowest BCUT2D eigenvalue weighted by atomic mass is 10.2. The second kappa shape index (κ2) is 6.77. The number of carbonyl (C=O) groups is 1. The van der Waals surface area contributed by atoms with Gasteiger partial charge in [0.15, 0.2) is 0 Å². The number of likely N-dealkylation sites (N-methyl/N-ethyl adjacent to an activating group) is 1. The van der Waals surface area contributed by atoms with Gasteiger partial charge in [-0.3, -0.25) is 4.57 Å². The molecule has 0 saturated heterocycles. The number of amides is 1. The highest BCUT2D eigenvalue weighted by atomic mass is 35.5. The van der Waals surface area contributed by atoms with E-state index in [-0.39, 0.29) is 6.03 Å². The minimum Gasteiger partial charge on any atom is -0.336 e. The van der Waals surface area contributed by atoms with E-state index in [0.717, 1.165) is 30.5 Å². The summed E-state index contributed by atoms with van der Waals surface area (Å²) in [4.78, 5) is 14.5. The summed E-state index contributed by atoms with van der Waals surface area (Å²) in [6.45, 7) is 7.65. The van der Waals surface area contributed by atoms with Crippen LogP contribution >= 0.6 is 11.6 Å². The van der Waals surface area contributed by atoms with Crippen LogP contribution in [0.3, 0.4) is 0 Å². The van der Waals surface area contributed by atoms with Crippen molar-refractivity contribution in [1.82, 2.24) is 14.8 Å². The predicted octanol–water partition coefficient (Wildman–Crippen LogP) is 3.19. The van der Waals surface area contributed by atoms with E-state index in [4.69, 9.17) is 11.6 Å². The Morgan fingerprint density at radius 3 is 2.70 bits per heavy atom. The molecule has 0 spiro atoms. The second-order valence-electron chi connectivity index (χ2n) is 4.62. The molecule has 1 amide bonds. The minimum absolute atomic E-state index is 0.177. The fourth-order valence-electron chi connectivity index (χ4n) is 2.27. The van der Waals surface area contributed by atoms with Crippen molar-refractivity contribution in [2.24, 2.45) is 0 Å². The third kappa shape index (κ3) is 3.14. The quantitative estimate of drug-likeness (QED) is 0.919. The van der Waals surface area contributed by atoms with Gasteiger partial charge in [0.1, 0.15) is 5.15 Å². The number of benzene rings is 1. The number of fused-ring (bicyclic) bond motifs is 1. The summed E-state index contributed by atoms with van der Waals surface area (Å²) < 4.78 is 1.51. The fourth-order valence-corrected chi connectivity index (χ4v) is 2.55. The third-order valence-electron chi connectivity index (χ3n) is 3.47. The average molecular weight is 294 g/mol. The number of aromatic nitrogens is 1. The molecule has 2 rings (SSSR count). The van der Waals surface area contributed by atoms with Crippen LogP contribution in [0.1, 0.15) is 13.8 Å². The van der Waals surface area contributed by atoms with Crippen LogP contribution in [0.5, 0.6) is 0 Å². The van der Waals surface area contributed by atoms with Crippen molar-refractivity contribution in [2.45, 2.75) is 13.8 Å². The standard InChI is InChI=1S/C15H20ClN3O/c1-3-18(4-2)10-9-17-15(20)19-13-8-6-5-7-12(13)11-14(19)16/h5-8,11H,3-4,9-10H2,1-2H3,(H,17,20). The molecule has 0 aliphatic heterocycles. The summed E-state index contributed by atoms with van der Waals surface area (Å²) in [5, 5.41) is 4.32. The largest absolute Gasteiger partial charge is 0.336 e. The summed E-state index contributed by atoms with van der Waals surface area (Å²) in [6, 6.07) is 9.30. The summed E-state index contributed by atoms with van der Waals surface area (Å²) >= 11 is 6.15. The Bertz CT molecular complexity index is 590. The highest BCUT2D eigenvalue weighted by Crippen LogP contribution is 2.22. The van der Waals surface area contributed by atoms with Gasteiger partial charge < -0.3 is 10.2 Å². The molecule has 5 heteroatoms. The van der Waals surface area contributed by atoms with Gasteiger partial charge in [0.2, 0.25) is 0 Å². The molecule has 0 aliphatic carbocycles. The number of hydrogen-bond donors (Lipinski definition) is 1. The zero-order valence-electron chi connectivity index (χ0n) is 11.9. The summed E-state index contributed by atoms with van der Waals surface area (Å²) in [5.74, 6) is 0. The zero-order valence-corrected chi connectivity index (χ0v) is 12.7. The molecule has 0 fully saturated rings. The first-order chi connectivity index (χ1) is 9.67. The van der Waals surface area contributed by atoms with Gasteiger partial charge in [-0.2, -0.15) is 0 Å². The molecule has 0 unspecified atom stereocenters. The summed E-state index contributed by atoms with van der Waals surface area (Å²) in [5.41, 5.74) is 0.831. The van der Waals surface area contributed by atoms with Gasteiger partial charge >= 0.3 is 6.03 Å². The normalized spacial score (nSPS) is 11.2. The van der Waals surface area contributed by atoms with E-state index in [1.807, 2.05) is 24.3 Å². The molecular formula is C15H20ClN3O. The van der Waals surface area contributed by atoms with Crippen molar-refractivity contribution in [3.8, 4) is 0 Å². The van der Waals surface area contributed by atoms with Crippen LogP contribution in [0.2, 0.25) is 5.15 Å². The molecule has 4 nitrogen and oxygen atoms in total. The lowest BCUT2D eigenvalue weighted by Gasteiger charge is -2.18. The lowest BCUT2D eigenvalue weighted by molar-refractivity contribution is 0.239. The van der Waals surface area contributed by atoms with E-state index in [2.05, 4.69) is 24.1 Å². The van der Waals surface area contributed by atoms with Gasteiger partial charge in [0.25, 0.3) is 0 Å². The van der Waals surface area contributed by atoms with Crippen molar-refractivity contribution in [3.05, 3.63) is 35.5 Å². The minimum atomic E-state index is -0.177. The van der Waals surface area contributed by atoms with E-state index in [0.29, 0.717) is 11.7 Å². The molecule has 0 aliphatic rings. The average Bonchev–Trinajstić information content (AvgIpc) is 2.79. The van der Waals surface area contributed by atoms with Crippen LogP contribution in [0.25, 0.3) is 10.9 Å². The number of halogens is 1. The summed E-state index contributed by atoms with van der Waals surface area (Å²) in [6.07, 6.45) is 0. The lowest BCUT2D eigenvalue weighted by Crippen LogP contribution is -2.36. The SMILES string of the molecule is CCN(CC)CCNC(=O)n1c(Cl)cc2ccccc21. The van der Waals surface area contributed by atoms with Crippen molar-refractivity contribution < 1.29 is 4.79 Å². The van der Waals surface area contributed by atoms with Gasteiger partial charge in [0.05, 0.1) is 5.52 Å². The molecule has 0 saturated carbocycles. The Kier molecular flexibility index (Phi) is 5.04. The first-order valence-corrected chi connectivity index (χ1v) is 7.31. The highest BCUT2D eigenvalue weighted by molar-refractivity contribution is 6.32. The van der Waals surface area contributed by atoms with E-state index >= 15 is 0 Å². The van der Waals surface area contributed by atoms with Crippen molar-refractivity contribution in [2.75, 3.05) is 26.2 Å². The van der Waals surface area contributed by atoms with Crippen LogP contribution in [0.4, 0.5) is 4.79 Å². The number of nitrogens with zero attached hydrogens (tertiary/aromatic N) is 2. The Balaban J connectivity index is 2.06. The van der Waals surface area contributed by atoms with Crippen molar-refractivity contribution in [1.29, 1.82) is 0 Å². The van der Waals surface area contributed by atoms with E-state index < -0.39 is 0 Å². The maximum Gasteiger partial charge on any atom is 0.327 e. The maximum atomic E-state index is 12.2. The Labute approximate surface area is 124 Å². The molecule has 0 radical (unpaired) electrons. The first-order valence-electron chi connectivity index (χ1n) is 6.94. The molecule has 0 atom stereocenters. The van der Waals surface area contributed by atoms with E-state index in [1.54, 1.807) is 6.07 Å². The third-order valence-corrected chi connectivity index (χ3v) is 3.75. The number of para-hydroxylation sites is 1. The smallest absolute Gasteiger partial charge is 0.327 e. The molecule has 2 aromatic rings. The van der Waals surface area contributed by atoms with Crippen molar-refractivity contribution >= 4 is 28.5 Å². The van der Waals surface area contributed by atoms with Crippen molar-refractivity contribution in [3.63, 3.8) is 0 Å². The van der Waals surface area contributed by atoms with Crippen LogP contribution in [0, 0.1) is 0 Å². The molecule has 1 heterocycles. The molecular weight excluding hydrogens is 274 g/mol. The maximum absolute atomic E-state index is 12.2. The monoisotopic (exact) mass is 293 g/mol. The van der Waals surface area contributed by atoms with Crippen LogP contribution in [-0.2, 0) is 0 Å². The molecule has 1 aromatic heterocycles. The van der Waals surface area contributed by atoms with Gasteiger partial charge in [-0.15, -0.1) is 0 Å². The second-order valence-corrected chi connectivity index (χ2v) is 5.01. The number of carbonyl (C=O) groups excluding carboxylic acids is 1. The molecule has 0 bridgehead atoms. The van der Waals surface area contributed by atoms with Crippen LogP contribution in [0.15, 0.2) is 30.3 Å². The number of nitrogens with one attached hydrogen (secondary N) is 1. The van der Waals surface area contributed by atoms with Gasteiger partial charge in [0, 0.05) is 18.5 Å². The topological polar surface area (TPSA) is 37.3 Å². The fraction of sp³-hybridized carbons (Fsp3) is 0.400. The Morgan fingerprint density at radius 2 is 2.00 bits per heavy atom. The number of rotatable bonds is 5. The molecule has 20 heavy (non-hydrogen) atoms. The van der Waals surface area contributed by atoms with Gasteiger partial charge in [-0.05, 0) is 25.2 Å². The Hall–Kier alpha value is -1.52. The Morgan fingerprint density at radius 1 is 1.30 bits per heavy atom. The predicted molar refractivity (Wildman–Crippen MR) is 83.5 cm³/mol. The molecule has 1 aromatic carbocycles. The van der Waals surface area contributed by atoms with Crippen LogP contribution < -0.4 is 5.32 Å². The van der Waals surface area contributed by atoms with Gasteiger partial charge in [-0.25, -0.2) is 4.79 Å². The van der Waals surface area contributed by atoms with E-state index in [9.17, 15) is 4.79 Å². The number of hydrogen-bond acceptors (Lipinski definition) is 2. The zero-order chi connectivity index (χ0) is 14.5. The van der Waals surface area contributed by atoms with E-state index in [1.165, 1.54) is 4.57 Å². The van der Waals surface area contributed by atoms with Crippen LogP contribution in [-0.4, -0.2) is 41.7 Å². The summed E-state index contributed by atoms with van der Waals surface area (Å²) in [7, 11) is 0. The van der Waals surface area contributed by atoms with Gasteiger partial charge in [-0.1, -0.05) is 43.6 Å².